The maximum atomic E-state index is 11.4. The summed E-state index contributed by atoms with van der Waals surface area (Å²) in [6, 6.07) is 2.85. The fourth-order valence-corrected chi connectivity index (χ4v) is 1.14. The Morgan fingerprint density at radius 3 is 2.69 bits per heavy atom. The van der Waals surface area contributed by atoms with Gasteiger partial charge in [0.25, 0.3) is 0 Å². The molecule has 84 valence electrons. The molecule has 7 heteroatoms. The molecule has 0 amide bonds. The van der Waals surface area contributed by atoms with Crippen molar-refractivity contribution in [2.45, 2.75) is 0 Å². The number of nitrogens with zero attached hydrogens (tertiary/aromatic N) is 3. The highest BCUT2D eigenvalue weighted by Gasteiger charge is 2.14. The van der Waals surface area contributed by atoms with Crippen molar-refractivity contribution in [1.82, 2.24) is 0 Å². The number of methoxy groups -OCH3 is 2. The second-order valence-corrected chi connectivity index (χ2v) is 2.79. The van der Waals surface area contributed by atoms with E-state index in [1.54, 1.807) is 0 Å². The maximum absolute atomic E-state index is 11.4. The van der Waals surface area contributed by atoms with Gasteiger partial charge in [-0.25, -0.2) is 4.79 Å². The van der Waals surface area contributed by atoms with Crippen LogP contribution in [0.1, 0.15) is 10.4 Å². The first-order valence-corrected chi connectivity index (χ1v) is 4.25. The Morgan fingerprint density at radius 1 is 1.50 bits per heavy atom. The van der Waals surface area contributed by atoms with Crippen LogP contribution >= 0.6 is 0 Å². The number of carbonyl (C=O) groups excluding carboxylic acids is 1. The number of nitrogens with two attached hydrogens (primary N) is 1. The van der Waals surface area contributed by atoms with Crippen LogP contribution in [0.2, 0.25) is 0 Å². The predicted octanol–water partition coefficient (Wildman–Crippen LogP) is 2.01. The molecule has 1 aromatic carbocycles. The van der Waals surface area contributed by atoms with E-state index < -0.39 is 5.97 Å². The van der Waals surface area contributed by atoms with E-state index in [4.69, 9.17) is 16.0 Å². The number of benzene rings is 1. The van der Waals surface area contributed by atoms with Crippen molar-refractivity contribution >= 4 is 17.3 Å². The van der Waals surface area contributed by atoms with E-state index in [2.05, 4.69) is 14.8 Å². The Morgan fingerprint density at radius 2 is 2.19 bits per heavy atom. The van der Waals surface area contributed by atoms with Crippen molar-refractivity contribution in [1.29, 1.82) is 0 Å². The molecule has 0 radical (unpaired) electrons. The van der Waals surface area contributed by atoms with E-state index in [0.29, 0.717) is 5.75 Å². The number of azide groups is 1. The molecule has 0 aliphatic rings. The van der Waals surface area contributed by atoms with Crippen LogP contribution in [-0.4, -0.2) is 20.2 Å². The number of anilines is 1. The summed E-state index contributed by atoms with van der Waals surface area (Å²) in [5.41, 5.74) is 14.3. The zero-order valence-corrected chi connectivity index (χ0v) is 8.80. The molecule has 0 aromatic heterocycles. The molecule has 7 nitrogen and oxygen atoms in total. The lowest BCUT2D eigenvalue weighted by Crippen LogP contribution is -2.06. The van der Waals surface area contributed by atoms with E-state index >= 15 is 0 Å². The fraction of sp³-hybridized carbons (Fsp3) is 0.222. The van der Waals surface area contributed by atoms with Gasteiger partial charge in [0.05, 0.1) is 31.2 Å². The Balaban J connectivity index is 3.42. The topological polar surface area (TPSA) is 110 Å². The maximum Gasteiger partial charge on any atom is 0.340 e. The lowest BCUT2D eigenvalue weighted by atomic mass is 10.1. The number of hydrogen-bond donors (Lipinski definition) is 1. The van der Waals surface area contributed by atoms with Gasteiger partial charge in [-0.05, 0) is 17.7 Å². The van der Waals surface area contributed by atoms with Crippen LogP contribution in [0.4, 0.5) is 11.4 Å². The van der Waals surface area contributed by atoms with Gasteiger partial charge >= 0.3 is 5.97 Å². The summed E-state index contributed by atoms with van der Waals surface area (Å²) in [4.78, 5) is 14.0. The molecule has 0 unspecified atom stereocenters. The number of nitrogen functional groups attached to an aromatic ring is 1. The minimum Gasteiger partial charge on any atom is -0.497 e. The van der Waals surface area contributed by atoms with Gasteiger partial charge in [0.1, 0.15) is 5.75 Å². The van der Waals surface area contributed by atoms with Crippen LogP contribution in [-0.2, 0) is 4.74 Å². The molecule has 0 saturated heterocycles. The van der Waals surface area contributed by atoms with Gasteiger partial charge in [-0.1, -0.05) is 5.11 Å². The number of esters is 1. The SMILES string of the molecule is COC(=O)c1cc(OC)cc(N=[N+]=[N-])c1N. The van der Waals surface area contributed by atoms with Crippen molar-refractivity contribution in [2.24, 2.45) is 5.11 Å². The molecule has 16 heavy (non-hydrogen) atoms. The van der Waals surface area contributed by atoms with Crippen molar-refractivity contribution in [3.8, 4) is 5.75 Å². The quantitative estimate of drug-likeness (QED) is 0.277. The molecular weight excluding hydrogens is 212 g/mol. The molecule has 0 bridgehead atoms. The molecule has 2 N–H and O–H groups in total. The smallest absolute Gasteiger partial charge is 0.340 e. The standard InChI is InChI=1S/C9H10N4O3/c1-15-5-3-6(9(14)16-2)8(10)7(4-5)12-13-11/h3-4H,10H2,1-2H3. The number of ether oxygens (including phenoxy) is 2. The van der Waals surface area contributed by atoms with Gasteiger partial charge in [-0.3, -0.25) is 0 Å². The van der Waals surface area contributed by atoms with Gasteiger partial charge in [0.2, 0.25) is 0 Å². The van der Waals surface area contributed by atoms with E-state index in [0.717, 1.165) is 0 Å². The lowest BCUT2D eigenvalue weighted by molar-refractivity contribution is 0.0601. The van der Waals surface area contributed by atoms with Crippen LogP contribution in [0, 0.1) is 0 Å². The normalized spacial score (nSPS) is 9.12. The monoisotopic (exact) mass is 222 g/mol. The second-order valence-electron chi connectivity index (χ2n) is 2.79. The molecule has 0 fully saturated rings. The third-order valence-electron chi connectivity index (χ3n) is 1.93. The largest absolute Gasteiger partial charge is 0.497 e. The predicted molar refractivity (Wildman–Crippen MR) is 57.6 cm³/mol. The first-order valence-electron chi connectivity index (χ1n) is 4.25. The Kier molecular flexibility index (Phi) is 3.58. The van der Waals surface area contributed by atoms with Crippen molar-refractivity contribution in [2.75, 3.05) is 20.0 Å². The average Bonchev–Trinajstić information content (AvgIpc) is 2.31. The van der Waals surface area contributed by atoms with E-state index in [-0.39, 0.29) is 16.9 Å². The number of hydrogen-bond acceptors (Lipinski definition) is 5. The summed E-state index contributed by atoms with van der Waals surface area (Å²) in [6.45, 7) is 0. The molecule has 0 saturated carbocycles. The average molecular weight is 222 g/mol. The fourth-order valence-electron chi connectivity index (χ4n) is 1.14. The molecule has 1 aromatic rings. The van der Waals surface area contributed by atoms with E-state index in [1.807, 2.05) is 0 Å². The minimum absolute atomic E-state index is 0.0606. The van der Waals surface area contributed by atoms with Crippen molar-refractivity contribution < 1.29 is 14.3 Å². The van der Waals surface area contributed by atoms with Crippen LogP contribution in [0.25, 0.3) is 10.4 Å². The molecule has 0 atom stereocenters. The summed E-state index contributed by atoms with van der Waals surface area (Å²) >= 11 is 0. The molecule has 0 heterocycles. The summed E-state index contributed by atoms with van der Waals surface area (Å²) in [5, 5.41) is 3.36. The highest BCUT2D eigenvalue weighted by atomic mass is 16.5. The Labute approximate surface area is 91.4 Å². The van der Waals surface area contributed by atoms with Crippen LogP contribution in [0.15, 0.2) is 17.2 Å². The van der Waals surface area contributed by atoms with Gasteiger partial charge in [0.15, 0.2) is 0 Å². The highest BCUT2D eigenvalue weighted by molar-refractivity contribution is 5.98. The molecular formula is C9H10N4O3. The zero-order chi connectivity index (χ0) is 12.1. The number of rotatable bonds is 3. The highest BCUT2D eigenvalue weighted by Crippen LogP contribution is 2.31. The molecule has 0 aliphatic carbocycles. The summed E-state index contributed by atoms with van der Waals surface area (Å²) < 4.78 is 9.49. The van der Waals surface area contributed by atoms with E-state index in [1.165, 1.54) is 26.4 Å². The van der Waals surface area contributed by atoms with Gasteiger partial charge in [-0.2, -0.15) is 0 Å². The summed E-state index contributed by atoms with van der Waals surface area (Å²) in [6.07, 6.45) is 0. The summed E-state index contributed by atoms with van der Waals surface area (Å²) in [5.74, 6) is -0.261. The molecule has 0 aliphatic heterocycles. The van der Waals surface area contributed by atoms with Gasteiger partial charge in [-0.15, -0.1) is 0 Å². The third kappa shape index (κ3) is 2.15. The van der Waals surface area contributed by atoms with E-state index in [9.17, 15) is 4.79 Å². The first kappa shape index (κ1) is 11.7. The second kappa shape index (κ2) is 4.90. The van der Waals surface area contributed by atoms with Crippen molar-refractivity contribution in [3.05, 3.63) is 28.1 Å². The van der Waals surface area contributed by atoms with Crippen molar-refractivity contribution in [3.63, 3.8) is 0 Å². The Hall–Kier alpha value is -2.40. The van der Waals surface area contributed by atoms with Crippen LogP contribution in [0.3, 0.4) is 0 Å². The first-order chi connectivity index (χ1) is 7.63. The van der Waals surface area contributed by atoms with Gasteiger partial charge < -0.3 is 15.2 Å². The molecule has 1 rings (SSSR count). The minimum atomic E-state index is -0.620. The zero-order valence-electron chi connectivity index (χ0n) is 8.80. The third-order valence-corrected chi connectivity index (χ3v) is 1.93. The lowest BCUT2D eigenvalue weighted by Gasteiger charge is -2.08. The number of carbonyl (C=O) groups is 1. The Bertz CT molecular complexity index is 466. The van der Waals surface area contributed by atoms with Gasteiger partial charge in [0, 0.05) is 4.91 Å². The van der Waals surface area contributed by atoms with Crippen LogP contribution in [0.5, 0.6) is 5.75 Å². The molecule has 0 spiro atoms. The van der Waals surface area contributed by atoms with Crippen LogP contribution < -0.4 is 10.5 Å². The summed E-state index contributed by atoms with van der Waals surface area (Å²) in [7, 11) is 2.65.